The van der Waals surface area contributed by atoms with Crippen molar-refractivity contribution in [3.05, 3.63) is 23.6 Å². The minimum atomic E-state index is -2.34. The van der Waals surface area contributed by atoms with Gasteiger partial charge >= 0.3 is 11.9 Å². The van der Waals surface area contributed by atoms with Gasteiger partial charge in [-0.15, -0.1) is 0 Å². The minimum absolute atomic E-state index is 0.170. The van der Waals surface area contributed by atoms with Crippen LogP contribution in [0.4, 0.5) is 13.2 Å². The molecule has 0 heterocycles. The van der Waals surface area contributed by atoms with Crippen molar-refractivity contribution >= 4 is 24.5 Å². The van der Waals surface area contributed by atoms with Gasteiger partial charge in [0.05, 0.1) is 5.41 Å². The third-order valence-electron chi connectivity index (χ3n) is 9.28. The SMILES string of the molecule is CC1CC[C@H]2[C@@H]3CC(F)C4=C(F)C(OC(=O)CC=O)C=C[C@]4(C)[C@]3(F)C(OC(=O)CC=O)C[C@]12C. The lowest BCUT2D eigenvalue weighted by atomic mass is 9.45. The van der Waals surface area contributed by atoms with Crippen molar-refractivity contribution < 1.29 is 41.8 Å². The predicted octanol–water partition coefficient (Wildman–Crippen LogP) is 4.31. The molecule has 4 unspecified atom stereocenters. The molecule has 35 heavy (non-hydrogen) atoms. The smallest absolute Gasteiger partial charge is 0.314 e. The van der Waals surface area contributed by atoms with E-state index in [1.54, 1.807) is 0 Å². The van der Waals surface area contributed by atoms with Crippen LogP contribution < -0.4 is 0 Å². The van der Waals surface area contributed by atoms with Crippen molar-refractivity contribution in [2.75, 3.05) is 0 Å². The molecule has 6 nitrogen and oxygen atoms in total. The van der Waals surface area contributed by atoms with Crippen molar-refractivity contribution in [3.63, 3.8) is 0 Å². The maximum absolute atomic E-state index is 17.7. The maximum atomic E-state index is 17.7. The Hall–Kier alpha value is -2.45. The molecule has 0 spiro atoms. The zero-order chi connectivity index (χ0) is 25.8. The number of alkyl halides is 2. The summed E-state index contributed by atoms with van der Waals surface area (Å²) in [5.74, 6) is -3.83. The fourth-order valence-corrected chi connectivity index (χ4v) is 7.36. The Morgan fingerprint density at radius 2 is 1.71 bits per heavy atom. The van der Waals surface area contributed by atoms with Crippen molar-refractivity contribution in [1.29, 1.82) is 0 Å². The van der Waals surface area contributed by atoms with Gasteiger partial charge in [0.2, 0.25) is 0 Å². The Kier molecular flexibility index (Phi) is 6.51. The Labute approximate surface area is 202 Å². The summed E-state index contributed by atoms with van der Waals surface area (Å²) in [6.07, 6.45) is -1.33. The maximum Gasteiger partial charge on any atom is 0.314 e. The van der Waals surface area contributed by atoms with Crippen LogP contribution in [-0.4, -0.2) is 48.6 Å². The highest BCUT2D eigenvalue weighted by molar-refractivity contribution is 5.84. The molecular formula is C26H31F3O6. The summed E-state index contributed by atoms with van der Waals surface area (Å²) in [4.78, 5) is 45.6. The fourth-order valence-electron chi connectivity index (χ4n) is 7.36. The van der Waals surface area contributed by atoms with Gasteiger partial charge in [0, 0.05) is 11.5 Å². The number of allylic oxidation sites excluding steroid dienone is 2. The molecule has 4 aliphatic carbocycles. The summed E-state index contributed by atoms with van der Waals surface area (Å²) < 4.78 is 59.6. The molecule has 3 saturated carbocycles. The molecule has 4 rings (SSSR count). The number of carbonyl (C=O) groups excluding carboxylic acids is 4. The summed E-state index contributed by atoms with van der Waals surface area (Å²) >= 11 is 0. The number of esters is 2. The molecule has 0 aromatic carbocycles. The number of fused-ring (bicyclic) bond motifs is 5. The molecule has 0 aromatic heterocycles. The van der Waals surface area contributed by atoms with E-state index in [2.05, 4.69) is 6.92 Å². The first-order valence-electron chi connectivity index (χ1n) is 12.1. The largest absolute Gasteiger partial charge is 0.459 e. The highest BCUT2D eigenvalue weighted by Crippen LogP contribution is 2.70. The molecule has 0 N–H and O–H groups in total. The first kappa shape index (κ1) is 25.6. The predicted molar refractivity (Wildman–Crippen MR) is 118 cm³/mol. The van der Waals surface area contributed by atoms with Crippen molar-refractivity contribution in [2.45, 2.75) is 83.3 Å². The molecule has 9 atom stereocenters. The second-order valence-electron chi connectivity index (χ2n) is 10.8. The first-order chi connectivity index (χ1) is 16.4. The lowest BCUT2D eigenvalue weighted by Crippen LogP contribution is -2.69. The van der Waals surface area contributed by atoms with Gasteiger partial charge in [0.15, 0.2) is 11.8 Å². The van der Waals surface area contributed by atoms with Gasteiger partial charge in [-0.25, -0.2) is 13.2 Å². The normalized spacial score (nSPS) is 44.1. The number of carbonyl (C=O) groups is 4. The molecule has 0 saturated heterocycles. The Bertz CT molecular complexity index is 994. The Morgan fingerprint density at radius 1 is 1.09 bits per heavy atom. The number of halogens is 3. The summed E-state index contributed by atoms with van der Waals surface area (Å²) in [5, 5.41) is 0. The second-order valence-corrected chi connectivity index (χ2v) is 10.8. The van der Waals surface area contributed by atoms with E-state index in [1.165, 1.54) is 13.0 Å². The van der Waals surface area contributed by atoms with E-state index in [1.807, 2.05) is 6.92 Å². The quantitative estimate of drug-likeness (QED) is 0.236. The highest BCUT2D eigenvalue weighted by Gasteiger charge is 2.73. The van der Waals surface area contributed by atoms with E-state index in [0.717, 1.165) is 12.5 Å². The number of aldehydes is 2. The van der Waals surface area contributed by atoms with E-state index in [4.69, 9.17) is 9.47 Å². The van der Waals surface area contributed by atoms with Crippen molar-refractivity contribution in [1.82, 2.24) is 0 Å². The van der Waals surface area contributed by atoms with Gasteiger partial charge < -0.3 is 19.1 Å². The van der Waals surface area contributed by atoms with E-state index < -0.39 is 77.0 Å². The standard InChI is InChI=1S/C26H31F3O6/c1-14-4-5-15-16-12-17(27)22-23(28)18(34-20(32)7-10-30)6-9-25(22,3)26(16,29)19(13-24(14,15)2)35-21(33)8-11-31/h6,9-11,14-19H,4-5,7-8,12-13H2,1-3H3/t14?,15-,16-,17?,18?,19?,24+,25-,26+/m0/s1. The van der Waals surface area contributed by atoms with Gasteiger partial charge in [0.1, 0.15) is 43.5 Å². The molecular weight excluding hydrogens is 465 g/mol. The monoisotopic (exact) mass is 496 g/mol. The zero-order valence-electron chi connectivity index (χ0n) is 20.1. The van der Waals surface area contributed by atoms with Gasteiger partial charge in [-0.2, -0.15) is 0 Å². The van der Waals surface area contributed by atoms with E-state index in [0.29, 0.717) is 19.0 Å². The van der Waals surface area contributed by atoms with E-state index >= 15 is 13.2 Å². The van der Waals surface area contributed by atoms with Crippen molar-refractivity contribution in [3.8, 4) is 0 Å². The zero-order valence-corrected chi connectivity index (χ0v) is 20.1. The number of hydrogen-bond acceptors (Lipinski definition) is 6. The lowest BCUT2D eigenvalue weighted by molar-refractivity contribution is -0.218. The van der Waals surface area contributed by atoms with Gasteiger partial charge in [-0.1, -0.05) is 19.9 Å². The van der Waals surface area contributed by atoms with Crippen LogP contribution in [0.3, 0.4) is 0 Å². The summed E-state index contributed by atoms with van der Waals surface area (Å²) in [6, 6.07) is 0. The summed E-state index contributed by atoms with van der Waals surface area (Å²) in [5.41, 5.74) is -5.03. The average molecular weight is 497 g/mol. The number of hydrogen-bond donors (Lipinski definition) is 0. The molecule has 3 fully saturated rings. The lowest BCUT2D eigenvalue weighted by Gasteiger charge is -2.63. The number of ether oxygens (including phenoxy) is 2. The van der Waals surface area contributed by atoms with Crippen LogP contribution in [0, 0.1) is 28.6 Å². The molecule has 0 aromatic rings. The molecule has 0 aliphatic heterocycles. The van der Waals surface area contributed by atoms with E-state index in [-0.39, 0.29) is 24.7 Å². The van der Waals surface area contributed by atoms with Crippen LogP contribution in [0.2, 0.25) is 0 Å². The summed E-state index contributed by atoms with van der Waals surface area (Å²) in [7, 11) is 0. The average Bonchev–Trinajstić information content (AvgIpc) is 3.07. The molecule has 0 radical (unpaired) electrons. The summed E-state index contributed by atoms with van der Waals surface area (Å²) in [6.45, 7) is 5.45. The second kappa shape index (κ2) is 8.89. The van der Waals surface area contributed by atoms with Gasteiger partial charge in [-0.3, -0.25) is 9.59 Å². The topological polar surface area (TPSA) is 86.7 Å². The van der Waals surface area contributed by atoms with Crippen LogP contribution in [0.15, 0.2) is 23.6 Å². The Morgan fingerprint density at radius 3 is 2.34 bits per heavy atom. The van der Waals surface area contributed by atoms with Gasteiger partial charge in [0.25, 0.3) is 0 Å². The van der Waals surface area contributed by atoms with Crippen LogP contribution in [0.5, 0.6) is 0 Å². The molecule has 4 aliphatic rings. The molecule has 9 heteroatoms. The van der Waals surface area contributed by atoms with Crippen LogP contribution in [0.25, 0.3) is 0 Å². The van der Waals surface area contributed by atoms with Crippen LogP contribution in [-0.2, 0) is 28.7 Å². The highest BCUT2D eigenvalue weighted by atomic mass is 19.2. The first-order valence-corrected chi connectivity index (χ1v) is 12.1. The number of rotatable bonds is 6. The fraction of sp³-hybridized carbons (Fsp3) is 0.692. The molecule has 0 amide bonds. The molecule has 0 bridgehead atoms. The van der Waals surface area contributed by atoms with Crippen LogP contribution >= 0.6 is 0 Å². The van der Waals surface area contributed by atoms with Crippen LogP contribution in [0.1, 0.15) is 59.3 Å². The molecule has 192 valence electrons. The third kappa shape index (κ3) is 3.68. The Balaban J connectivity index is 1.81. The minimum Gasteiger partial charge on any atom is -0.459 e. The van der Waals surface area contributed by atoms with Crippen molar-refractivity contribution in [2.24, 2.45) is 28.6 Å². The van der Waals surface area contributed by atoms with Gasteiger partial charge in [-0.05, 0) is 55.9 Å². The third-order valence-corrected chi connectivity index (χ3v) is 9.28. The van der Waals surface area contributed by atoms with E-state index in [9.17, 15) is 19.2 Å².